The van der Waals surface area contributed by atoms with Crippen LogP contribution in [-0.2, 0) is 17.6 Å². The van der Waals surface area contributed by atoms with E-state index in [-0.39, 0.29) is 12.3 Å². The average Bonchev–Trinajstić information content (AvgIpc) is 2.72. The number of amides is 1. The van der Waals surface area contributed by atoms with Crippen LogP contribution in [0.1, 0.15) is 34.2 Å². The van der Waals surface area contributed by atoms with Crippen molar-refractivity contribution in [3.05, 3.63) is 94.8 Å². The third-order valence-electron chi connectivity index (χ3n) is 4.84. The van der Waals surface area contributed by atoms with Crippen LogP contribution in [0.2, 0.25) is 0 Å². The number of aromatic nitrogens is 1. The topological polar surface area (TPSA) is 74.2 Å². The van der Waals surface area contributed by atoms with Gasteiger partial charge in [-0.1, -0.05) is 42.5 Å². The standard InChI is InChI=1S/C25H29N3O2/c1-18-14-19(2)27-23(15-18)16-25(30)28-22-10-8-20(9-11-22)12-13-26-17-24(29)21-6-4-3-5-7-21/h3-11,14-15,24,26,29H,12-13,16-17H2,1-2H3,(H,28,30). The molecule has 1 unspecified atom stereocenters. The van der Waals surface area contributed by atoms with E-state index >= 15 is 0 Å². The lowest BCUT2D eigenvalue weighted by Gasteiger charge is -2.12. The number of aliphatic hydroxyl groups excluding tert-OH is 1. The van der Waals surface area contributed by atoms with Crippen molar-refractivity contribution in [1.82, 2.24) is 10.3 Å². The zero-order valence-electron chi connectivity index (χ0n) is 17.6. The highest BCUT2D eigenvalue weighted by molar-refractivity contribution is 5.92. The SMILES string of the molecule is Cc1cc(C)nc(CC(=O)Nc2ccc(CCNCC(O)c3ccccc3)cc2)c1. The van der Waals surface area contributed by atoms with Crippen molar-refractivity contribution >= 4 is 11.6 Å². The molecule has 0 fully saturated rings. The van der Waals surface area contributed by atoms with Crippen LogP contribution < -0.4 is 10.6 Å². The monoisotopic (exact) mass is 403 g/mol. The number of rotatable bonds is 9. The fourth-order valence-electron chi connectivity index (χ4n) is 3.40. The van der Waals surface area contributed by atoms with Crippen LogP contribution in [0.25, 0.3) is 0 Å². The molecule has 0 aliphatic rings. The van der Waals surface area contributed by atoms with Crippen molar-refractivity contribution in [1.29, 1.82) is 0 Å². The van der Waals surface area contributed by atoms with Gasteiger partial charge in [-0.05, 0) is 67.8 Å². The Balaban J connectivity index is 1.41. The smallest absolute Gasteiger partial charge is 0.230 e. The summed E-state index contributed by atoms with van der Waals surface area (Å²) < 4.78 is 0. The molecule has 3 aromatic rings. The molecule has 1 aromatic heterocycles. The number of anilines is 1. The molecule has 3 N–H and O–H groups in total. The summed E-state index contributed by atoms with van der Waals surface area (Å²) in [6.45, 7) is 5.23. The number of nitrogens with zero attached hydrogens (tertiary/aromatic N) is 1. The third-order valence-corrected chi connectivity index (χ3v) is 4.84. The van der Waals surface area contributed by atoms with Crippen LogP contribution in [0, 0.1) is 13.8 Å². The maximum atomic E-state index is 12.3. The molecule has 0 bridgehead atoms. The fraction of sp³-hybridized carbons (Fsp3) is 0.280. The predicted molar refractivity (Wildman–Crippen MR) is 120 cm³/mol. The summed E-state index contributed by atoms with van der Waals surface area (Å²) in [5, 5.41) is 16.4. The normalized spacial score (nSPS) is 11.8. The van der Waals surface area contributed by atoms with Gasteiger partial charge in [0.1, 0.15) is 0 Å². The van der Waals surface area contributed by atoms with Crippen LogP contribution in [-0.4, -0.2) is 29.1 Å². The number of pyridine rings is 1. The Hall–Kier alpha value is -3.02. The summed E-state index contributed by atoms with van der Waals surface area (Å²) in [6, 6.07) is 21.5. The molecule has 5 heteroatoms. The molecule has 156 valence electrons. The molecular weight excluding hydrogens is 374 g/mol. The molecule has 0 saturated heterocycles. The van der Waals surface area contributed by atoms with E-state index in [0.717, 1.165) is 41.2 Å². The van der Waals surface area contributed by atoms with Crippen molar-refractivity contribution in [2.45, 2.75) is 32.8 Å². The van der Waals surface area contributed by atoms with Crippen molar-refractivity contribution < 1.29 is 9.90 Å². The minimum absolute atomic E-state index is 0.0724. The fourth-order valence-corrected chi connectivity index (χ4v) is 3.40. The number of aryl methyl sites for hydroxylation is 2. The van der Waals surface area contributed by atoms with Gasteiger partial charge in [0.2, 0.25) is 5.91 Å². The molecule has 0 spiro atoms. The van der Waals surface area contributed by atoms with Gasteiger partial charge in [0.25, 0.3) is 0 Å². The molecule has 1 atom stereocenters. The number of carbonyl (C=O) groups is 1. The van der Waals surface area contributed by atoms with Gasteiger partial charge in [-0.25, -0.2) is 0 Å². The van der Waals surface area contributed by atoms with Crippen LogP contribution in [0.15, 0.2) is 66.7 Å². The number of aliphatic hydroxyl groups is 1. The number of hydrogen-bond donors (Lipinski definition) is 3. The highest BCUT2D eigenvalue weighted by Crippen LogP contribution is 2.13. The van der Waals surface area contributed by atoms with Crippen molar-refractivity contribution in [3.63, 3.8) is 0 Å². The summed E-state index contributed by atoms with van der Waals surface area (Å²) in [5.74, 6) is -0.0724. The van der Waals surface area contributed by atoms with Crippen molar-refractivity contribution in [3.8, 4) is 0 Å². The Morgan fingerprint density at radius 3 is 2.47 bits per heavy atom. The van der Waals surface area contributed by atoms with Gasteiger partial charge < -0.3 is 15.7 Å². The van der Waals surface area contributed by atoms with Gasteiger partial charge in [0, 0.05) is 17.9 Å². The molecule has 0 saturated carbocycles. The largest absolute Gasteiger partial charge is 0.387 e. The van der Waals surface area contributed by atoms with Gasteiger partial charge in [-0.2, -0.15) is 0 Å². The molecule has 30 heavy (non-hydrogen) atoms. The molecule has 1 heterocycles. The van der Waals surface area contributed by atoms with Crippen molar-refractivity contribution in [2.75, 3.05) is 18.4 Å². The zero-order chi connectivity index (χ0) is 21.3. The molecule has 0 radical (unpaired) electrons. The molecule has 1 amide bonds. The second kappa shape index (κ2) is 10.7. The molecule has 3 rings (SSSR count). The molecular formula is C25H29N3O2. The zero-order valence-corrected chi connectivity index (χ0v) is 17.6. The van der Waals surface area contributed by atoms with Gasteiger partial charge in [-0.3, -0.25) is 9.78 Å². The maximum Gasteiger partial charge on any atom is 0.230 e. The number of benzene rings is 2. The van der Waals surface area contributed by atoms with Crippen LogP contribution >= 0.6 is 0 Å². The quantitative estimate of drug-likeness (QED) is 0.476. The Labute approximate surface area is 178 Å². The van der Waals surface area contributed by atoms with E-state index in [1.807, 2.05) is 80.6 Å². The third kappa shape index (κ3) is 6.79. The van der Waals surface area contributed by atoms with Crippen LogP contribution in [0.3, 0.4) is 0 Å². The summed E-state index contributed by atoms with van der Waals surface area (Å²) >= 11 is 0. The molecule has 0 aliphatic heterocycles. The van der Waals surface area contributed by atoms with E-state index in [2.05, 4.69) is 15.6 Å². The first kappa shape index (κ1) is 21.7. The molecule has 5 nitrogen and oxygen atoms in total. The van der Waals surface area contributed by atoms with Crippen LogP contribution in [0.5, 0.6) is 0 Å². The van der Waals surface area contributed by atoms with E-state index in [1.54, 1.807) is 0 Å². The van der Waals surface area contributed by atoms with Crippen molar-refractivity contribution in [2.24, 2.45) is 0 Å². The summed E-state index contributed by atoms with van der Waals surface area (Å²) in [4.78, 5) is 16.7. The lowest BCUT2D eigenvalue weighted by atomic mass is 10.1. The number of carbonyl (C=O) groups excluding carboxylic acids is 1. The van der Waals surface area contributed by atoms with Gasteiger partial charge in [0.15, 0.2) is 0 Å². The summed E-state index contributed by atoms with van der Waals surface area (Å²) in [6.07, 6.45) is 0.607. The minimum atomic E-state index is -0.504. The number of hydrogen-bond acceptors (Lipinski definition) is 4. The Morgan fingerprint density at radius 2 is 1.77 bits per heavy atom. The Kier molecular flexibility index (Phi) is 7.71. The minimum Gasteiger partial charge on any atom is -0.387 e. The van der Waals surface area contributed by atoms with E-state index in [4.69, 9.17) is 0 Å². The summed E-state index contributed by atoms with van der Waals surface area (Å²) in [5.41, 5.74) is 5.68. The molecule has 2 aromatic carbocycles. The lowest BCUT2D eigenvalue weighted by Crippen LogP contribution is -2.23. The first-order valence-electron chi connectivity index (χ1n) is 10.3. The lowest BCUT2D eigenvalue weighted by molar-refractivity contribution is -0.115. The second-order valence-corrected chi connectivity index (χ2v) is 7.58. The Bertz CT molecular complexity index is 936. The van der Waals surface area contributed by atoms with Crippen LogP contribution in [0.4, 0.5) is 5.69 Å². The van der Waals surface area contributed by atoms with Gasteiger partial charge in [-0.15, -0.1) is 0 Å². The van der Waals surface area contributed by atoms with E-state index in [0.29, 0.717) is 6.54 Å². The Morgan fingerprint density at radius 1 is 1.03 bits per heavy atom. The molecule has 0 aliphatic carbocycles. The second-order valence-electron chi connectivity index (χ2n) is 7.58. The predicted octanol–water partition coefficient (Wildman–Crippen LogP) is 3.75. The van der Waals surface area contributed by atoms with E-state index in [9.17, 15) is 9.90 Å². The van der Waals surface area contributed by atoms with E-state index in [1.165, 1.54) is 5.56 Å². The summed E-state index contributed by atoms with van der Waals surface area (Å²) in [7, 11) is 0. The highest BCUT2D eigenvalue weighted by atomic mass is 16.3. The maximum absolute atomic E-state index is 12.3. The van der Waals surface area contributed by atoms with Gasteiger partial charge >= 0.3 is 0 Å². The first-order valence-corrected chi connectivity index (χ1v) is 10.3. The van der Waals surface area contributed by atoms with Gasteiger partial charge in [0.05, 0.1) is 18.2 Å². The first-order chi connectivity index (χ1) is 14.5. The van der Waals surface area contributed by atoms with E-state index < -0.39 is 6.10 Å². The number of nitrogens with one attached hydrogen (secondary N) is 2. The highest BCUT2D eigenvalue weighted by Gasteiger charge is 2.08. The average molecular weight is 404 g/mol.